The van der Waals surface area contributed by atoms with E-state index in [0.29, 0.717) is 11.4 Å². The van der Waals surface area contributed by atoms with E-state index in [1.165, 1.54) is 12.1 Å². The minimum Gasteiger partial charge on any atom is -0.478 e. The highest BCUT2D eigenvalue weighted by molar-refractivity contribution is 6.54. The quantitative estimate of drug-likeness (QED) is 0.946. The average molecular weight is 308 g/mol. The van der Waals surface area contributed by atoms with E-state index in [9.17, 15) is 9.59 Å². The zero-order chi connectivity index (χ0) is 16.6. The van der Waals surface area contributed by atoms with E-state index < -0.39 is 5.97 Å². The maximum Gasteiger partial charge on any atom is 0.335 e. The Hall–Kier alpha value is -2.95. The van der Waals surface area contributed by atoms with Crippen LogP contribution in [0.15, 0.2) is 53.5 Å². The van der Waals surface area contributed by atoms with E-state index in [0.717, 1.165) is 11.3 Å². The van der Waals surface area contributed by atoms with Crippen LogP contribution in [0.4, 0.5) is 11.4 Å². The van der Waals surface area contributed by atoms with E-state index in [2.05, 4.69) is 4.99 Å². The molecule has 0 fully saturated rings. The monoisotopic (exact) mass is 308 g/mol. The second-order valence-electron chi connectivity index (χ2n) is 5.60. The SMILES string of the molecule is CC(C)N1C(=O)/C(=N\c2cccc(C(=O)O)c2)c2ccccc21. The number of amides is 1. The first-order valence-corrected chi connectivity index (χ1v) is 7.34. The van der Waals surface area contributed by atoms with E-state index in [4.69, 9.17) is 5.11 Å². The van der Waals surface area contributed by atoms with Gasteiger partial charge in [-0.15, -0.1) is 0 Å². The van der Waals surface area contributed by atoms with Crippen molar-refractivity contribution in [3.8, 4) is 0 Å². The number of carboxylic acids is 1. The number of benzene rings is 2. The number of hydrogen-bond donors (Lipinski definition) is 1. The van der Waals surface area contributed by atoms with Gasteiger partial charge >= 0.3 is 5.97 Å². The van der Waals surface area contributed by atoms with Crippen LogP contribution in [-0.4, -0.2) is 28.7 Å². The number of rotatable bonds is 3. The van der Waals surface area contributed by atoms with Gasteiger partial charge in [0.2, 0.25) is 0 Å². The van der Waals surface area contributed by atoms with Crippen LogP contribution >= 0.6 is 0 Å². The first-order valence-electron chi connectivity index (χ1n) is 7.34. The molecule has 0 saturated carbocycles. The molecule has 1 N–H and O–H groups in total. The van der Waals surface area contributed by atoms with Crippen LogP contribution in [0.2, 0.25) is 0 Å². The Morgan fingerprint density at radius 2 is 1.87 bits per heavy atom. The van der Waals surface area contributed by atoms with Crippen LogP contribution in [0.25, 0.3) is 0 Å². The molecule has 0 saturated heterocycles. The smallest absolute Gasteiger partial charge is 0.335 e. The summed E-state index contributed by atoms with van der Waals surface area (Å²) in [6, 6.07) is 13.8. The molecule has 0 aliphatic carbocycles. The lowest BCUT2D eigenvalue weighted by molar-refractivity contribution is -0.112. The lowest BCUT2D eigenvalue weighted by Gasteiger charge is -2.20. The van der Waals surface area contributed by atoms with Crippen molar-refractivity contribution in [1.29, 1.82) is 0 Å². The van der Waals surface area contributed by atoms with Crippen molar-refractivity contribution in [2.75, 3.05) is 4.90 Å². The van der Waals surface area contributed by atoms with Crippen LogP contribution in [0.1, 0.15) is 29.8 Å². The molecule has 0 radical (unpaired) electrons. The summed E-state index contributed by atoms with van der Waals surface area (Å²) in [5.74, 6) is -1.18. The lowest BCUT2D eigenvalue weighted by Crippen LogP contribution is -2.35. The summed E-state index contributed by atoms with van der Waals surface area (Å²) in [7, 11) is 0. The van der Waals surface area contributed by atoms with Crippen molar-refractivity contribution < 1.29 is 14.7 Å². The molecule has 2 aromatic rings. The van der Waals surface area contributed by atoms with E-state index in [1.807, 2.05) is 38.1 Å². The number of aromatic carboxylic acids is 1. The molecule has 2 aromatic carbocycles. The number of hydrogen-bond acceptors (Lipinski definition) is 3. The highest BCUT2D eigenvalue weighted by Crippen LogP contribution is 2.32. The van der Waals surface area contributed by atoms with Crippen molar-refractivity contribution in [2.45, 2.75) is 19.9 Å². The van der Waals surface area contributed by atoms with Crippen LogP contribution in [0.5, 0.6) is 0 Å². The second-order valence-corrected chi connectivity index (χ2v) is 5.60. The summed E-state index contributed by atoms with van der Waals surface area (Å²) < 4.78 is 0. The second kappa shape index (κ2) is 5.68. The van der Waals surface area contributed by atoms with Crippen molar-refractivity contribution >= 4 is 29.0 Å². The Labute approximate surface area is 133 Å². The minimum absolute atomic E-state index is 0.0155. The van der Waals surface area contributed by atoms with Gasteiger partial charge in [-0.2, -0.15) is 0 Å². The predicted octanol–water partition coefficient (Wildman–Crippen LogP) is 3.26. The third-order valence-corrected chi connectivity index (χ3v) is 3.69. The molecule has 5 nitrogen and oxygen atoms in total. The average Bonchev–Trinajstić information content (AvgIpc) is 2.80. The van der Waals surface area contributed by atoms with E-state index in [-0.39, 0.29) is 17.5 Å². The molecular formula is C18H16N2O3. The fraction of sp³-hybridized carbons (Fsp3) is 0.167. The zero-order valence-electron chi connectivity index (χ0n) is 12.9. The number of carbonyl (C=O) groups excluding carboxylic acids is 1. The van der Waals surface area contributed by atoms with Crippen LogP contribution < -0.4 is 4.90 Å². The first-order chi connectivity index (χ1) is 11.0. The molecule has 116 valence electrons. The fourth-order valence-electron chi connectivity index (χ4n) is 2.68. The summed E-state index contributed by atoms with van der Waals surface area (Å²) >= 11 is 0. The van der Waals surface area contributed by atoms with Crippen molar-refractivity contribution in [1.82, 2.24) is 0 Å². The van der Waals surface area contributed by atoms with Crippen molar-refractivity contribution in [2.24, 2.45) is 4.99 Å². The Balaban J connectivity index is 2.11. The minimum atomic E-state index is -1.02. The van der Waals surface area contributed by atoms with Gasteiger partial charge in [-0.1, -0.05) is 24.3 Å². The number of nitrogens with zero attached hydrogens (tertiary/aromatic N) is 2. The molecule has 1 heterocycles. The zero-order valence-corrected chi connectivity index (χ0v) is 12.9. The molecule has 0 unspecified atom stereocenters. The van der Waals surface area contributed by atoms with Gasteiger partial charge < -0.3 is 10.0 Å². The van der Waals surface area contributed by atoms with Gasteiger partial charge in [0.25, 0.3) is 5.91 Å². The number of carbonyl (C=O) groups is 2. The highest BCUT2D eigenvalue weighted by Gasteiger charge is 2.35. The molecule has 1 aliphatic heterocycles. The van der Waals surface area contributed by atoms with E-state index >= 15 is 0 Å². The Kier molecular flexibility index (Phi) is 3.70. The number of carboxylic acid groups (broad SMARTS) is 1. The van der Waals surface area contributed by atoms with Gasteiger partial charge in [-0.3, -0.25) is 4.79 Å². The first kappa shape index (κ1) is 15.0. The summed E-state index contributed by atoms with van der Waals surface area (Å²) in [6.07, 6.45) is 0. The fourth-order valence-corrected chi connectivity index (χ4v) is 2.68. The van der Waals surface area contributed by atoms with Crippen molar-refractivity contribution in [3.05, 3.63) is 59.7 Å². The van der Waals surface area contributed by atoms with Crippen LogP contribution in [-0.2, 0) is 4.79 Å². The van der Waals surface area contributed by atoms with Gasteiger partial charge in [0.15, 0.2) is 0 Å². The summed E-state index contributed by atoms with van der Waals surface area (Å²) in [6.45, 7) is 3.89. The van der Waals surface area contributed by atoms with Gasteiger partial charge in [-0.05, 0) is 38.1 Å². The Bertz CT molecular complexity index is 825. The number of anilines is 1. The van der Waals surface area contributed by atoms with Gasteiger partial charge in [-0.25, -0.2) is 9.79 Å². The number of para-hydroxylation sites is 1. The number of aliphatic imine (C=N–C) groups is 1. The summed E-state index contributed by atoms with van der Waals surface area (Å²) in [4.78, 5) is 29.9. The van der Waals surface area contributed by atoms with Crippen LogP contribution in [0, 0.1) is 0 Å². The normalized spacial score (nSPS) is 15.3. The molecule has 0 spiro atoms. The van der Waals surface area contributed by atoms with Gasteiger partial charge in [0.05, 0.1) is 16.9 Å². The topological polar surface area (TPSA) is 70.0 Å². The molecular weight excluding hydrogens is 292 g/mol. The largest absolute Gasteiger partial charge is 0.478 e. The highest BCUT2D eigenvalue weighted by atomic mass is 16.4. The molecule has 23 heavy (non-hydrogen) atoms. The molecule has 3 rings (SSSR count). The Morgan fingerprint density at radius 3 is 2.57 bits per heavy atom. The Morgan fingerprint density at radius 1 is 1.13 bits per heavy atom. The maximum absolute atomic E-state index is 12.7. The third-order valence-electron chi connectivity index (χ3n) is 3.69. The lowest BCUT2D eigenvalue weighted by atomic mass is 10.1. The summed E-state index contributed by atoms with van der Waals surface area (Å²) in [5, 5.41) is 9.07. The standard InChI is InChI=1S/C18H16N2O3/c1-11(2)20-15-9-4-3-8-14(15)16(17(20)21)19-13-7-5-6-12(10-13)18(22)23/h3-11H,1-2H3,(H,22,23)/b19-16-. The predicted molar refractivity (Wildman–Crippen MR) is 88.7 cm³/mol. The van der Waals surface area contributed by atoms with Crippen LogP contribution in [0.3, 0.4) is 0 Å². The molecule has 1 amide bonds. The van der Waals surface area contributed by atoms with Gasteiger partial charge in [0.1, 0.15) is 5.71 Å². The molecule has 0 atom stereocenters. The van der Waals surface area contributed by atoms with Crippen molar-refractivity contribution in [3.63, 3.8) is 0 Å². The van der Waals surface area contributed by atoms with Gasteiger partial charge in [0, 0.05) is 11.6 Å². The molecule has 5 heteroatoms. The van der Waals surface area contributed by atoms with E-state index in [1.54, 1.807) is 17.0 Å². The maximum atomic E-state index is 12.7. The molecule has 1 aliphatic rings. The molecule has 0 aromatic heterocycles. The third kappa shape index (κ3) is 2.61. The number of fused-ring (bicyclic) bond motifs is 1. The summed E-state index contributed by atoms with van der Waals surface area (Å²) in [5.41, 5.74) is 2.55. The molecule has 0 bridgehead atoms.